The van der Waals surface area contributed by atoms with Crippen molar-refractivity contribution >= 4 is 0 Å². The van der Waals surface area contributed by atoms with Gasteiger partial charge in [0.1, 0.15) is 0 Å². The Kier molecular flexibility index (Phi) is 5.33. The molecule has 2 aromatic carbocycles. The van der Waals surface area contributed by atoms with Crippen LogP contribution in [-0.2, 0) is 12.8 Å². The molecular weight excluding hydrogens is 246 g/mol. The Morgan fingerprint density at radius 3 is 2.30 bits per heavy atom. The molecule has 1 unspecified atom stereocenters. The number of aliphatic hydroxyl groups is 1. The van der Waals surface area contributed by atoms with Crippen LogP contribution in [0.2, 0.25) is 0 Å². The number of aliphatic hydroxyl groups excluding tert-OH is 1. The average molecular weight is 269 g/mol. The van der Waals surface area contributed by atoms with E-state index in [4.69, 9.17) is 5.73 Å². The largest absolute Gasteiger partial charge is 0.388 e. The number of hydrogen-bond donors (Lipinski definition) is 2. The van der Waals surface area contributed by atoms with Crippen LogP contribution in [-0.4, -0.2) is 11.7 Å². The lowest BCUT2D eigenvalue weighted by Crippen LogP contribution is -2.07. The van der Waals surface area contributed by atoms with E-state index in [1.54, 1.807) is 0 Å². The van der Waals surface area contributed by atoms with Gasteiger partial charge in [0, 0.05) is 0 Å². The third-order valence-corrected chi connectivity index (χ3v) is 3.56. The van der Waals surface area contributed by atoms with Gasteiger partial charge in [0.05, 0.1) is 6.10 Å². The second kappa shape index (κ2) is 7.22. The van der Waals surface area contributed by atoms with E-state index in [9.17, 15) is 5.11 Å². The van der Waals surface area contributed by atoms with E-state index < -0.39 is 6.10 Å². The fourth-order valence-electron chi connectivity index (χ4n) is 2.44. The van der Waals surface area contributed by atoms with Crippen LogP contribution in [0.3, 0.4) is 0 Å². The van der Waals surface area contributed by atoms with Crippen LogP contribution in [0.1, 0.15) is 34.8 Å². The molecule has 106 valence electrons. The van der Waals surface area contributed by atoms with Crippen molar-refractivity contribution in [2.75, 3.05) is 6.54 Å². The molecule has 0 saturated carbocycles. The van der Waals surface area contributed by atoms with Crippen molar-refractivity contribution in [2.24, 2.45) is 5.73 Å². The first-order chi connectivity index (χ1) is 9.69. The van der Waals surface area contributed by atoms with E-state index in [1.807, 2.05) is 12.1 Å². The lowest BCUT2D eigenvalue weighted by molar-refractivity contribution is 0.170. The summed E-state index contributed by atoms with van der Waals surface area (Å²) in [7, 11) is 0. The number of benzene rings is 2. The molecule has 0 bridgehead atoms. The highest BCUT2D eigenvalue weighted by atomic mass is 16.3. The van der Waals surface area contributed by atoms with Gasteiger partial charge in [-0.1, -0.05) is 54.1 Å². The van der Waals surface area contributed by atoms with Crippen LogP contribution in [0, 0.1) is 6.92 Å². The van der Waals surface area contributed by atoms with Crippen molar-refractivity contribution in [1.29, 1.82) is 0 Å². The first-order valence-corrected chi connectivity index (χ1v) is 7.21. The summed E-state index contributed by atoms with van der Waals surface area (Å²) in [6.45, 7) is 2.63. The third kappa shape index (κ3) is 4.19. The summed E-state index contributed by atoms with van der Waals surface area (Å²) in [5.74, 6) is 0. The molecule has 0 heterocycles. The summed E-state index contributed by atoms with van der Waals surface area (Å²) in [6.07, 6.45) is 2.19. The van der Waals surface area contributed by atoms with Crippen molar-refractivity contribution in [3.05, 3.63) is 70.8 Å². The molecule has 2 nitrogen and oxygen atoms in total. The minimum absolute atomic E-state index is 0.445. The lowest BCUT2D eigenvalue weighted by atomic mass is 9.99. The first kappa shape index (κ1) is 14.8. The normalized spacial score (nSPS) is 12.3. The highest BCUT2D eigenvalue weighted by Gasteiger charge is 2.06. The van der Waals surface area contributed by atoms with E-state index in [1.165, 1.54) is 16.7 Å². The summed E-state index contributed by atoms with van der Waals surface area (Å²) >= 11 is 0. The Morgan fingerprint density at radius 1 is 1.00 bits per heavy atom. The van der Waals surface area contributed by atoms with E-state index in [0.717, 1.165) is 18.4 Å². The third-order valence-electron chi connectivity index (χ3n) is 3.56. The predicted molar refractivity (Wildman–Crippen MR) is 83.7 cm³/mol. The Bertz CT molecular complexity index is 551. The van der Waals surface area contributed by atoms with E-state index in [2.05, 4.69) is 43.3 Å². The molecule has 2 heteroatoms. The van der Waals surface area contributed by atoms with Crippen molar-refractivity contribution in [3.63, 3.8) is 0 Å². The Hall–Kier alpha value is -1.64. The number of nitrogens with two attached hydrogens (primary N) is 1. The maximum absolute atomic E-state index is 9.99. The number of hydrogen-bond acceptors (Lipinski definition) is 2. The molecule has 2 aromatic rings. The Labute approximate surface area is 121 Å². The Balaban J connectivity index is 2.01. The monoisotopic (exact) mass is 269 g/mol. The van der Waals surface area contributed by atoms with Crippen molar-refractivity contribution in [2.45, 2.75) is 32.3 Å². The smallest absolute Gasteiger partial charge is 0.0802 e. The second-order valence-electron chi connectivity index (χ2n) is 5.33. The fraction of sp³-hybridized carbons (Fsp3) is 0.333. The van der Waals surface area contributed by atoms with Gasteiger partial charge in [0.15, 0.2) is 0 Å². The maximum Gasteiger partial charge on any atom is 0.0802 e. The summed E-state index contributed by atoms with van der Waals surface area (Å²) in [4.78, 5) is 0. The van der Waals surface area contributed by atoms with Gasteiger partial charge in [-0.15, -0.1) is 0 Å². The summed E-state index contributed by atoms with van der Waals surface area (Å²) in [5, 5.41) is 9.99. The molecule has 0 aliphatic rings. The van der Waals surface area contributed by atoms with Crippen molar-refractivity contribution < 1.29 is 5.11 Å². The standard InChI is InChI=1S/C18H23NO/c1-14-4-2-5-15(12-14)8-9-16-6-3-7-17(13-16)18(20)10-11-19/h2-7,12-13,18,20H,8-11,19H2,1H3. The molecule has 0 aliphatic heterocycles. The zero-order chi connectivity index (χ0) is 14.4. The molecule has 20 heavy (non-hydrogen) atoms. The van der Waals surface area contributed by atoms with Crippen LogP contribution >= 0.6 is 0 Å². The summed E-state index contributed by atoms with van der Waals surface area (Å²) < 4.78 is 0. The van der Waals surface area contributed by atoms with Crippen molar-refractivity contribution in [3.8, 4) is 0 Å². The molecule has 0 fully saturated rings. The first-order valence-electron chi connectivity index (χ1n) is 7.21. The van der Waals surface area contributed by atoms with E-state index in [0.29, 0.717) is 13.0 Å². The average Bonchev–Trinajstić information content (AvgIpc) is 2.46. The minimum Gasteiger partial charge on any atom is -0.388 e. The number of aryl methyl sites for hydroxylation is 3. The lowest BCUT2D eigenvalue weighted by Gasteiger charge is -2.11. The van der Waals surface area contributed by atoms with Gasteiger partial charge in [-0.3, -0.25) is 0 Å². The molecule has 0 aromatic heterocycles. The predicted octanol–water partition coefficient (Wildman–Crippen LogP) is 3.16. The van der Waals surface area contributed by atoms with Crippen LogP contribution in [0.5, 0.6) is 0 Å². The molecule has 0 saturated heterocycles. The van der Waals surface area contributed by atoms with Gasteiger partial charge in [-0.25, -0.2) is 0 Å². The fourth-order valence-corrected chi connectivity index (χ4v) is 2.44. The molecule has 0 aliphatic carbocycles. The van der Waals surface area contributed by atoms with Gasteiger partial charge in [-0.05, 0) is 49.4 Å². The van der Waals surface area contributed by atoms with E-state index in [-0.39, 0.29) is 0 Å². The molecule has 0 spiro atoms. The zero-order valence-electron chi connectivity index (χ0n) is 12.0. The van der Waals surface area contributed by atoms with Crippen molar-refractivity contribution in [1.82, 2.24) is 0 Å². The Morgan fingerprint density at radius 2 is 1.65 bits per heavy atom. The highest BCUT2D eigenvalue weighted by Crippen LogP contribution is 2.18. The van der Waals surface area contributed by atoms with Crippen LogP contribution in [0.15, 0.2) is 48.5 Å². The quantitative estimate of drug-likeness (QED) is 0.846. The highest BCUT2D eigenvalue weighted by molar-refractivity contribution is 5.28. The molecular formula is C18H23NO. The van der Waals surface area contributed by atoms with Gasteiger partial charge in [0.2, 0.25) is 0 Å². The number of rotatable bonds is 6. The SMILES string of the molecule is Cc1cccc(CCc2cccc(C(O)CCN)c2)c1. The maximum atomic E-state index is 9.99. The molecule has 2 rings (SSSR count). The van der Waals surface area contributed by atoms with Crippen LogP contribution < -0.4 is 5.73 Å². The molecule has 0 amide bonds. The molecule has 3 N–H and O–H groups in total. The molecule has 0 radical (unpaired) electrons. The summed E-state index contributed by atoms with van der Waals surface area (Å²) in [6, 6.07) is 16.8. The van der Waals surface area contributed by atoms with Gasteiger partial charge >= 0.3 is 0 Å². The van der Waals surface area contributed by atoms with Gasteiger partial charge in [0.25, 0.3) is 0 Å². The zero-order valence-corrected chi connectivity index (χ0v) is 12.0. The minimum atomic E-state index is -0.445. The second-order valence-corrected chi connectivity index (χ2v) is 5.33. The summed E-state index contributed by atoms with van der Waals surface area (Å²) in [5.41, 5.74) is 10.4. The van der Waals surface area contributed by atoms with Crippen LogP contribution in [0.25, 0.3) is 0 Å². The topological polar surface area (TPSA) is 46.2 Å². The van der Waals surface area contributed by atoms with Gasteiger partial charge in [-0.2, -0.15) is 0 Å². The van der Waals surface area contributed by atoms with E-state index >= 15 is 0 Å². The van der Waals surface area contributed by atoms with Gasteiger partial charge < -0.3 is 10.8 Å². The molecule has 1 atom stereocenters. The van der Waals surface area contributed by atoms with Crippen LogP contribution in [0.4, 0.5) is 0 Å².